The first kappa shape index (κ1) is 15.3. The van der Waals surface area contributed by atoms with Crippen molar-refractivity contribution in [3.8, 4) is 0 Å². The average Bonchev–Trinajstić information content (AvgIpc) is 3.06. The van der Waals surface area contributed by atoms with E-state index in [1.165, 1.54) is 11.2 Å². The predicted octanol–water partition coefficient (Wildman–Crippen LogP) is 3.83. The molecule has 6 heteroatoms. The largest absolute Gasteiger partial charge is 0.393 e. The van der Waals surface area contributed by atoms with Gasteiger partial charge in [0.2, 0.25) is 0 Å². The van der Waals surface area contributed by atoms with Gasteiger partial charge in [0.1, 0.15) is 12.0 Å². The summed E-state index contributed by atoms with van der Waals surface area (Å²) in [5.74, 6) is 1.28. The number of para-hydroxylation sites is 1. The van der Waals surface area contributed by atoms with Crippen molar-refractivity contribution in [1.29, 1.82) is 0 Å². The molecule has 0 aliphatic carbocycles. The van der Waals surface area contributed by atoms with Gasteiger partial charge in [-0.2, -0.15) is 0 Å². The van der Waals surface area contributed by atoms with E-state index in [2.05, 4.69) is 38.1 Å². The number of hydrogen-bond acceptors (Lipinski definition) is 6. The van der Waals surface area contributed by atoms with E-state index in [4.69, 9.17) is 5.73 Å². The second-order valence-electron chi connectivity index (χ2n) is 5.18. The smallest absolute Gasteiger partial charge is 0.159 e. The molecule has 0 saturated heterocycles. The molecule has 0 bridgehead atoms. The minimum Gasteiger partial charge on any atom is -0.393 e. The zero-order chi connectivity index (χ0) is 16.1. The lowest BCUT2D eigenvalue weighted by Gasteiger charge is -2.13. The first-order valence-corrected chi connectivity index (χ1v) is 8.31. The number of rotatable bonds is 6. The number of nitrogens with zero attached hydrogens (tertiary/aromatic N) is 2. The van der Waals surface area contributed by atoms with Gasteiger partial charge in [-0.25, -0.2) is 9.97 Å². The van der Waals surface area contributed by atoms with Gasteiger partial charge in [-0.3, -0.25) is 0 Å². The molecule has 0 saturated carbocycles. The lowest BCUT2D eigenvalue weighted by atomic mass is 10.2. The first-order valence-electron chi connectivity index (χ1n) is 7.43. The van der Waals surface area contributed by atoms with E-state index in [9.17, 15) is 0 Å². The van der Waals surface area contributed by atoms with E-state index in [-0.39, 0.29) is 0 Å². The molecule has 0 spiro atoms. The van der Waals surface area contributed by atoms with Gasteiger partial charge in [0.25, 0.3) is 0 Å². The molecule has 2 heterocycles. The normalized spacial score (nSPS) is 10.5. The monoisotopic (exact) mass is 325 g/mol. The van der Waals surface area contributed by atoms with E-state index in [1.807, 2.05) is 31.2 Å². The standard InChI is InChI=1S/C17H19N5S/c1-12-5-2-3-7-14(12)22-17-15(18)16(20-11-21-17)19-9-8-13-6-4-10-23-13/h2-7,10-11H,8-9,18H2,1H3,(H2,19,20,21,22). The van der Waals surface area contributed by atoms with Crippen LogP contribution in [0.1, 0.15) is 10.4 Å². The van der Waals surface area contributed by atoms with E-state index in [1.54, 1.807) is 11.3 Å². The topological polar surface area (TPSA) is 75.9 Å². The van der Waals surface area contributed by atoms with Gasteiger partial charge in [0.05, 0.1) is 0 Å². The Bertz CT molecular complexity index is 770. The van der Waals surface area contributed by atoms with Gasteiger partial charge in [-0.1, -0.05) is 24.3 Å². The maximum atomic E-state index is 6.19. The summed E-state index contributed by atoms with van der Waals surface area (Å²) in [6.45, 7) is 2.82. The molecule has 5 nitrogen and oxygen atoms in total. The molecule has 4 N–H and O–H groups in total. The van der Waals surface area contributed by atoms with Crippen molar-refractivity contribution in [3.05, 3.63) is 58.5 Å². The SMILES string of the molecule is Cc1ccccc1Nc1ncnc(NCCc2cccs2)c1N. The van der Waals surface area contributed by atoms with Crippen molar-refractivity contribution < 1.29 is 0 Å². The molecule has 118 valence electrons. The van der Waals surface area contributed by atoms with Gasteiger partial charge in [-0.15, -0.1) is 11.3 Å². The predicted molar refractivity (Wildman–Crippen MR) is 97.4 cm³/mol. The van der Waals surface area contributed by atoms with Crippen molar-refractivity contribution in [1.82, 2.24) is 9.97 Å². The summed E-state index contributed by atoms with van der Waals surface area (Å²) in [4.78, 5) is 9.82. The van der Waals surface area contributed by atoms with E-state index in [0.717, 1.165) is 24.2 Å². The molecule has 1 aromatic carbocycles. The van der Waals surface area contributed by atoms with Crippen molar-refractivity contribution in [2.45, 2.75) is 13.3 Å². The minimum absolute atomic E-state index is 0.530. The lowest BCUT2D eigenvalue weighted by Crippen LogP contribution is -2.10. The van der Waals surface area contributed by atoms with Crippen LogP contribution < -0.4 is 16.4 Å². The van der Waals surface area contributed by atoms with Crippen molar-refractivity contribution in [2.75, 3.05) is 22.9 Å². The zero-order valence-corrected chi connectivity index (χ0v) is 13.7. The Hall–Kier alpha value is -2.60. The molecule has 0 aliphatic heterocycles. The van der Waals surface area contributed by atoms with Crippen LogP contribution in [0.25, 0.3) is 0 Å². The van der Waals surface area contributed by atoms with Crippen LogP contribution in [-0.4, -0.2) is 16.5 Å². The quantitative estimate of drug-likeness (QED) is 0.642. The molecule has 0 atom stereocenters. The second kappa shape index (κ2) is 7.11. The second-order valence-corrected chi connectivity index (χ2v) is 6.21. The Labute approximate surface area is 139 Å². The number of aromatic nitrogens is 2. The van der Waals surface area contributed by atoms with Crippen LogP contribution in [0.3, 0.4) is 0 Å². The molecular weight excluding hydrogens is 306 g/mol. The number of aryl methyl sites for hydroxylation is 1. The van der Waals surface area contributed by atoms with Crippen molar-refractivity contribution in [2.24, 2.45) is 0 Å². The summed E-state index contributed by atoms with van der Waals surface area (Å²) in [6, 6.07) is 12.2. The number of benzene rings is 1. The Morgan fingerprint density at radius 3 is 2.70 bits per heavy atom. The molecule has 0 unspecified atom stereocenters. The Morgan fingerprint density at radius 1 is 1.09 bits per heavy atom. The molecule has 3 aromatic rings. The molecule has 0 aliphatic rings. The molecule has 0 fully saturated rings. The van der Waals surface area contributed by atoms with Crippen LogP contribution in [0.4, 0.5) is 23.0 Å². The summed E-state index contributed by atoms with van der Waals surface area (Å²) in [5, 5.41) is 8.64. The zero-order valence-electron chi connectivity index (χ0n) is 12.9. The van der Waals surface area contributed by atoms with Crippen LogP contribution in [0.2, 0.25) is 0 Å². The molecule has 0 amide bonds. The Morgan fingerprint density at radius 2 is 1.91 bits per heavy atom. The number of hydrogen-bond donors (Lipinski definition) is 3. The maximum Gasteiger partial charge on any atom is 0.159 e. The summed E-state index contributed by atoms with van der Waals surface area (Å²) in [5.41, 5.74) is 8.85. The first-order chi connectivity index (χ1) is 11.2. The van der Waals surface area contributed by atoms with Gasteiger partial charge in [-0.05, 0) is 36.4 Å². The highest BCUT2D eigenvalue weighted by molar-refractivity contribution is 7.09. The highest BCUT2D eigenvalue weighted by Gasteiger charge is 2.09. The van der Waals surface area contributed by atoms with Crippen LogP contribution in [0, 0.1) is 6.92 Å². The van der Waals surface area contributed by atoms with Crippen molar-refractivity contribution in [3.63, 3.8) is 0 Å². The average molecular weight is 325 g/mol. The van der Waals surface area contributed by atoms with Crippen LogP contribution in [0.5, 0.6) is 0 Å². The number of nitrogens with two attached hydrogens (primary N) is 1. The summed E-state index contributed by atoms with van der Waals surface area (Å²) >= 11 is 1.75. The van der Waals surface area contributed by atoms with E-state index in [0.29, 0.717) is 17.3 Å². The molecular formula is C17H19N5S. The summed E-state index contributed by atoms with van der Waals surface area (Å²) < 4.78 is 0. The van der Waals surface area contributed by atoms with Crippen LogP contribution in [0.15, 0.2) is 48.1 Å². The highest BCUT2D eigenvalue weighted by atomic mass is 32.1. The van der Waals surface area contributed by atoms with Crippen molar-refractivity contribution >= 4 is 34.3 Å². The Balaban J connectivity index is 1.69. The highest BCUT2D eigenvalue weighted by Crippen LogP contribution is 2.27. The molecule has 23 heavy (non-hydrogen) atoms. The maximum absolute atomic E-state index is 6.19. The number of nitrogen functional groups attached to an aromatic ring is 1. The van der Waals surface area contributed by atoms with Gasteiger partial charge >= 0.3 is 0 Å². The Kier molecular flexibility index (Phi) is 4.73. The summed E-state index contributed by atoms with van der Waals surface area (Å²) in [7, 11) is 0. The fourth-order valence-electron chi connectivity index (χ4n) is 2.24. The number of anilines is 4. The number of thiophene rings is 1. The van der Waals surface area contributed by atoms with Crippen LogP contribution in [-0.2, 0) is 6.42 Å². The fourth-order valence-corrected chi connectivity index (χ4v) is 2.94. The van der Waals surface area contributed by atoms with Gasteiger partial charge in [0, 0.05) is 17.1 Å². The lowest BCUT2D eigenvalue weighted by molar-refractivity contribution is 1.02. The van der Waals surface area contributed by atoms with E-state index >= 15 is 0 Å². The van der Waals surface area contributed by atoms with Gasteiger partial charge < -0.3 is 16.4 Å². The third-order valence-corrected chi connectivity index (χ3v) is 4.46. The molecule has 3 rings (SSSR count). The fraction of sp³-hybridized carbons (Fsp3) is 0.176. The minimum atomic E-state index is 0.530. The molecule has 2 aromatic heterocycles. The molecule has 0 radical (unpaired) electrons. The van der Waals surface area contributed by atoms with E-state index < -0.39 is 0 Å². The summed E-state index contributed by atoms with van der Waals surface area (Å²) in [6.07, 6.45) is 2.46. The third-order valence-electron chi connectivity index (χ3n) is 3.53. The van der Waals surface area contributed by atoms with Crippen LogP contribution >= 0.6 is 11.3 Å². The van der Waals surface area contributed by atoms with Gasteiger partial charge in [0.15, 0.2) is 11.6 Å². The number of nitrogens with one attached hydrogen (secondary N) is 2. The third kappa shape index (κ3) is 3.78.